The summed E-state index contributed by atoms with van der Waals surface area (Å²) in [4.78, 5) is 27.7. The van der Waals surface area contributed by atoms with Gasteiger partial charge < -0.3 is 10.1 Å². The standard InChI is InChI=1S/C25H20ClFN2O3/c1-32-21-12-11-19(15-20(21)26)28-23-22(17-7-9-18(27)10-8-17)24(30)29(25(23)31)14-13-16-5-3-2-4-6-16/h2-12,15,28H,13-14H2,1H3. The molecule has 0 aliphatic carbocycles. The Bertz CT molecular complexity index is 1190. The van der Waals surface area contributed by atoms with E-state index in [0.717, 1.165) is 5.56 Å². The molecule has 32 heavy (non-hydrogen) atoms. The fraction of sp³-hybridized carbons (Fsp3) is 0.120. The van der Waals surface area contributed by atoms with Gasteiger partial charge in [-0.3, -0.25) is 14.5 Å². The maximum Gasteiger partial charge on any atom is 0.278 e. The Labute approximate surface area is 190 Å². The first kappa shape index (κ1) is 21.6. The predicted octanol–water partition coefficient (Wildman–Crippen LogP) is 4.92. The molecule has 0 saturated carbocycles. The number of nitrogens with zero attached hydrogens (tertiary/aromatic N) is 1. The lowest BCUT2D eigenvalue weighted by molar-refractivity contribution is -0.136. The molecule has 5 nitrogen and oxygen atoms in total. The molecule has 3 aromatic carbocycles. The summed E-state index contributed by atoms with van der Waals surface area (Å²) < 4.78 is 18.6. The average molecular weight is 451 g/mol. The molecule has 1 aliphatic rings. The van der Waals surface area contributed by atoms with Gasteiger partial charge in [0.15, 0.2) is 0 Å². The normalized spacial score (nSPS) is 13.7. The highest BCUT2D eigenvalue weighted by molar-refractivity contribution is 6.36. The van der Waals surface area contributed by atoms with Crippen LogP contribution in [0.15, 0.2) is 78.5 Å². The number of rotatable bonds is 7. The summed E-state index contributed by atoms with van der Waals surface area (Å²) in [6, 6.07) is 20.1. The maximum atomic E-state index is 13.5. The van der Waals surface area contributed by atoms with Crippen molar-refractivity contribution in [1.29, 1.82) is 0 Å². The molecular weight excluding hydrogens is 431 g/mol. The van der Waals surface area contributed by atoms with Gasteiger partial charge in [0.25, 0.3) is 11.8 Å². The molecule has 1 aliphatic heterocycles. The van der Waals surface area contributed by atoms with Gasteiger partial charge in [-0.05, 0) is 47.9 Å². The number of benzene rings is 3. The number of hydrogen-bond donors (Lipinski definition) is 1. The summed E-state index contributed by atoms with van der Waals surface area (Å²) in [6.07, 6.45) is 0.524. The highest BCUT2D eigenvalue weighted by Crippen LogP contribution is 2.33. The Morgan fingerprint density at radius 3 is 2.34 bits per heavy atom. The number of halogens is 2. The van der Waals surface area contributed by atoms with E-state index in [4.69, 9.17) is 16.3 Å². The van der Waals surface area contributed by atoms with E-state index in [9.17, 15) is 14.0 Å². The fourth-order valence-electron chi connectivity index (χ4n) is 3.55. The van der Waals surface area contributed by atoms with Gasteiger partial charge in [0.2, 0.25) is 0 Å². The summed E-state index contributed by atoms with van der Waals surface area (Å²) in [5.74, 6) is -0.816. The minimum Gasteiger partial charge on any atom is -0.495 e. The van der Waals surface area contributed by atoms with Crippen molar-refractivity contribution in [1.82, 2.24) is 4.90 Å². The van der Waals surface area contributed by atoms with E-state index in [1.54, 1.807) is 18.2 Å². The van der Waals surface area contributed by atoms with Crippen molar-refractivity contribution in [3.8, 4) is 5.75 Å². The van der Waals surface area contributed by atoms with Crippen molar-refractivity contribution in [2.45, 2.75) is 6.42 Å². The van der Waals surface area contributed by atoms with Crippen LogP contribution in [0.3, 0.4) is 0 Å². The van der Waals surface area contributed by atoms with Crippen molar-refractivity contribution >= 4 is 34.7 Å². The van der Waals surface area contributed by atoms with E-state index >= 15 is 0 Å². The van der Waals surface area contributed by atoms with Crippen LogP contribution in [-0.4, -0.2) is 30.4 Å². The Hall–Kier alpha value is -3.64. The molecule has 0 spiro atoms. The van der Waals surface area contributed by atoms with Crippen molar-refractivity contribution in [3.63, 3.8) is 0 Å². The minimum atomic E-state index is -0.447. The number of amides is 2. The molecule has 0 aromatic heterocycles. The van der Waals surface area contributed by atoms with Crippen LogP contribution in [0.2, 0.25) is 5.02 Å². The van der Waals surface area contributed by atoms with E-state index in [1.807, 2.05) is 30.3 Å². The summed E-state index contributed by atoms with van der Waals surface area (Å²) >= 11 is 6.21. The first-order valence-corrected chi connectivity index (χ1v) is 10.4. The lowest BCUT2D eigenvalue weighted by Gasteiger charge is -2.15. The van der Waals surface area contributed by atoms with E-state index < -0.39 is 17.6 Å². The van der Waals surface area contributed by atoms with E-state index in [0.29, 0.717) is 28.4 Å². The van der Waals surface area contributed by atoms with Crippen molar-refractivity contribution < 1.29 is 18.7 Å². The summed E-state index contributed by atoms with van der Waals surface area (Å²) in [5.41, 5.74) is 2.30. The molecule has 1 heterocycles. The van der Waals surface area contributed by atoms with Crippen LogP contribution in [0.1, 0.15) is 11.1 Å². The van der Waals surface area contributed by atoms with Gasteiger partial charge in [0.1, 0.15) is 17.3 Å². The lowest BCUT2D eigenvalue weighted by atomic mass is 10.0. The molecule has 162 valence electrons. The molecular formula is C25H20ClFN2O3. The van der Waals surface area contributed by atoms with Crippen LogP contribution in [-0.2, 0) is 16.0 Å². The summed E-state index contributed by atoms with van der Waals surface area (Å²) in [6.45, 7) is 0.223. The zero-order valence-corrected chi connectivity index (χ0v) is 18.0. The summed E-state index contributed by atoms with van der Waals surface area (Å²) in [5, 5.41) is 3.40. The number of nitrogens with one attached hydrogen (secondary N) is 1. The van der Waals surface area contributed by atoms with Crippen molar-refractivity contribution in [3.05, 3.63) is 100 Å². The van der Waals surface area contributed by atoms with Crippen LogP contribution >= 0.6 is 11.6 Å². The Kier molecular flexibility index (Phi) is 6.23. The maximum absolute atomic E-state index is 13.5. The van der Waals surface area contributed by atoms with Crippen LogP contribution in [0.5, 0.6) is 5.75 Å². The number of methoxy groups -OCH3 is 1. The third kappa shape index (κ3) is 4.36. The monoisotopic (exact) mass is 450 g/mol. The molecule has 0 saturated heterocycles. The molecule has 0 fully saturated rings. The molecule has 0 unspecified atom stereocenters. The van der Waals surface area contributed by atoms with Gasteiger partial charge >= 0.3 is 0 Å². The molecule has 1 N–H and O–H groups in total. The first-order valence-electron chi connectivity index (χ1n) is 9.99. The molecule has 4 rings (SSSR count). The third-order valence-electron chi connectivity index (χ3n) is 5.19. The van der Waals surface area contributed by atoms with Gasteiger partial charge in [0.05, 0.1) is 17.7 Å². The quantitative estimate of drug-likeness (QED) is 0.519. The minimum absolute atomic E-state index is 0.121. The zero-order valence-electron chi connectivity index (χ0n) is 17.3. The fourth-order valence-corrected chi connectivity index (χ4v) is 3.81. The van der Waals surface area contributed by atoms with Crippen molar-refractivity contribution in [2.24, 2.45) is 0 Å². The predicted molar refractivity (Wildman–Crippen MR) is 122 cm³/mol. The second-order valence-electron chi connectivity index (χ2n) is 7.23. The second-order valence-corrected chi connectivity index (χ2v) is 7.64. The van der Waals surface area contributed by atoms with Gasteiger partial charge in [-0.2, -0.15) is 0 Å². The SMILES string of the molecule is COc1ccc(NC2=C(c3ccc(F)cc3)C(=O)N(CCc3ccccc3)C2=O)cc1Cl. The van der Waals surface area contributed by atoms with Gasteiger partial charge in [-0.1, -0.05) is 54.1 Å². The molecule has 0 bridgehead atoms. The van der Waals surface area contributed by atoms with Crippen LogP contribution < -0.4 is 10.1 Å². The first-order chi connectivity index (χ1) is 15.5. The smallest absolute Gasteiger partial charge is 0.278 e. The van der Waals surface area contributed by atoms with Gasteiger partial charge in [-0.25, -0.2) is 4.39 Å². The molecule has 3 aromatic rings. The van der Waals surface area contributed by atoms with E-state index in [1.165, 1.54) is 36.3 Å². The summed E-state index contributed by atoms with van der Waals surface area (Å²) in [7, 11) is 1.51. The zero-order chi connectivity index (χ0) is 22.7. The molecule has 7 heteroatoms. The number of imide groups is 1. The highest BCUT2D eigenvalue weighted by Gasteiger charge is 2.39. The molecule has 0 radical (unpaired) electrons. The van der Waals surface area contributed by atoms with Gasteiger partial charge in [-0.15, -0.1) is 0 Å². The van der Waals surface area contributed by atoms with E-state index in [2.05, 4.69) is 5.32 Å². The molecule has 0 atom stereocenters. The number of carbonyl (C=O) groups is 2. The number of hydrogen-bond acceptors (Lipinski definition) is 4. The van der Waals surface area contributed by atoms with Crippen LogP contribution in [0.4, 0.5) is 10.1 Å². The van der Waals surface area contributed by atoms with E-state index in [-0.39, 0.29) is 17.8 Å². The van der Waals surface area contributed by atoms with Crippen molar-refractivity contribution in [2.75, 3.05) is 19.0 Å². The third-order valence-corrected chi connectivity index (χ3v) is 5.48. The number of carbonyl (C=O) groups excluding carboxylic acids is 2. The average Bonchev–Trinajstić information content (AvgIpc) is 3.03. The Morgan fingerprint density at radius 2 is 1.69 bits per heavy atom. The Balaban J connectivity index is 1.67. The topological polar surface area (TPSA) is 58.6 Å². The largest absolute Gasteiger partial charge is 0.495 e. The second kappa shape index (κ2) is 9.24. The highest BCUT2D eigenvalue weighted by atomic mass is 35.5. The van der Waals surface area contributed by atoms with Crippen LogP contribution in [0, 0.1) is 5.82 Å². The molecule has 2 amide bonds. The lowest BCUT2D eigenvalue weighted by Crippen LogP contribution is -2.34. The Morgan fingerprint density at radius 1 is 0.969 bits per heavy atom. The van der Waals surface area contributed by atoms with Gasteiger partial charge in [0, 0.05) is 12.2 Å². The van der Waals surface area contributed by atoms with Crippen LogP contribution in [0.25, 0.3) is 5.57 Å². The number of anilines is 1. The number of ether oxygens (including phenoxy) is 1.